The van der Waals surface area contributed by atoms with Gasteiger partial charge < -0.3 is 9.84 Å². The van der Waals surface area contributed by atoms with Crippen molar-refractivity contribution >= 4 is 38.8 Å². The molecule has 5 nitrogen and oxygen atoms in total. The van der Waals surface area contributed by atoms with E-state index in [1.54, 1.807) is 18.2 Å². The van der Waals surface area contributed by atoms with Crippen LogP contribution in [0.4, 0.5) is 0 Å². The molecule has 3 rings (SSSR count). The number of hydrogen-bond acceptors (Lipinski definition) is 4. The minimum Gasteiger partial charge on any atom is -0.507 e. The summed E-state index contributed by atoms with van der Waals surface area (Å²) in [5, 5.41) is 16.0. The standard InChI is InChI=1S/C21H19BrN2O3/c1-13(2)27-20-10-8-15(22)11-17(20)21(26)24-23-12-18-16-6-4-3-5-14(16)7-9-19(18)25/h3-13,25H,1-2H3,(H,24,26)/b23-12+. The van der Waals surface area contributed by atoms with Gasteiger partial charge in [0.15, 0.2) is 0 Å². The molecule has 6 heteroatoms. The predicted molar refractivity (Wildman–Crippen MR) is 111 cm³/mol. The van der Waals surface area contributed by atoms with Crippen molar-refractivity contribution in [2.24, 2.45) is 5.10 Å². The number of nitrogens with one attached hydrogen (secondary N) is 1. The first-order valence-electron chi connectivity index (χ1n) is 8.46. The van der Waals surface area contributed by atoms with E-state index in [0.717, 1.165) is 15.2 Å². The molecular formula is C21H19BrN2O3. The van der Waals surface area contributed by atoms with Crippen molar-refractivity contribution in [3.8, 4) is 11.5 Å². The molecule has 0 bridgehead atoms. The highest BCUT2D eigenvalue weighted by Crippen LogP contribution is 2.26. The van der Waals surface area contributed by atoms with Gasteiger partial charge in [-0.15, -0.1) is 0 Å². The van der Waals surface area contributed by atoms with Crippen molar-refractivity contribution in [3.63, 3.8) is 0 Å². The summed E-state index contributed by atoms with van der Waals surface area (Å²) < 4.78 is 6.45. The number of fused-ring (bicyclic) bond motifs is 1. The lowest BCUT2D eigenvalue weighted by Gasteiger charge is -2.13. The first kappa shape index (κ1) is 18.9. The second kappa shape index (κ2) is 8.22. The van der Waals surface area contributed by atoms with Gasteiger partial charge in [-0.25, -0.2) is 5.43 Å². The van der Waals surface area contributed by atoms with Gasteiger partial charge in [0, 0.05) is 10.0 Å². The summed E-state index contributed by atoms with van der Waals surface area (Å²) in [7, 11) is 0. The van der Waals surface area contributed by atoms with Crippen LogP contribution in [-0.4, -0.2) is 23.3 Å². The maximum atomic E-state index is 12.5. The van der Waals surface area contributed by atoms with Crippen molar-refractivity contribution in [1.29, 1.82) is 0 Å². The maximum Gasteiger partial charge on any atom is 0.275 e. The number of hydrazone groups is 1. The second-order valence-corrected chi connectivity index (χ2v) is 7.14. The lowest BCUT2D eigenvalue weighted by atomic mass is 10.0. The fraction of sp³-hybridized carbons (Fsp3) is 0.143. The number of aromatic hydroxyl groups is 1. The van der Waals surface area contributed by atoms with Gasteiger partial charge in [-0.3, -0.25) is 4.79 Å². The highest BCUT2D eigenvalue weighted by molar-refractivity contribution is 9.10. The fourth-order valence-corrected chi connectivity index (χ4v) is 3.03. The summed E-state index contributed by atoms with van der Waals surface area (Å²) in [5.41, 5.74) is 3.41. The van der Waals surface area contributed by atoms with Crippen LogP contribution in [0.25, 0.3) is 10.8 Å². The van der Waals surface area contributed by atoms with E-state index in [4.69, 9.17) is 4.74 Å². The first-order chi connectivity index (χ1) is 13.0. The number of amides is 1. The molecule has 0 aliphatic rings. The average Bonchev–Trinajstić information content (AvgIpc) is 2.64. The van der Waals surface area contributed by atoms with Crippen LogP contribution in [0.3, 0.4) is 0 Å². The zero-order chi connectivity index (χ0) is 19.4. The van der Waals surface area contributed by atoms with Crippen LogP contribution < -0.4 is 10.2 Å². The summed E-state index contributed by atoms with van der Waals surface area (Å²) in [5.74, 6) is 0.176. The minimum absolute atomic E-state index is 0.0612. The summed E-state index contributed by atoms with van der Waals surface area (Å²) >= 11 is 3.37. The molecule has 0 fully saturated rings. The molecule has 1 amide bonds. The van der Waals surface area contributed by atoms with Crippen LogP contribution >= 0.6 is 15.9 Å². The number of carbonyl (C=O) groups excluding carboxylic acids is 1. The number of rotatable bonds is 5. The normalized spacial score (nSPS) is 11.3. The zero-order valence-corrected chi connectivity index (χ0v) is 16.5. The van der Waals surface area contributed by atoms with Gasteiger partial charge in [-0.05, 0) is 48.9 Å². The van der Waals surface area contributed by atoms with Crippen LogP contribution in [-0.2, 0) is 0 Å². The molecular weight excluding hydrogens is 408 g/mol. The molecule has 2 N–H and O–H groups in total. The van der Waals surface area contributed by atoms with Gasteiger partial charge >= 0.3 is 0 Å². The number of nitrogens with zero attached hydrogens (tertiary/aromatic N) is 1. The highest BCUT2D eigenvalue weighted by Gasteiger charge is 2.14. The Balaban J connectivity index is 1.85. The Morgan fingerprint density at radius 3 is 2.74 bits per heavy atom. The second-order valence-electron chi connectivity index (χ2n) is 6.23. The Kier molecular flexibility index (Phi) is 5.76. The molecule has 0 saturated heterocycles. The van der Waals surface area contributed by atoms with Crippen LogP contribution in [0, 0.1) is 0 Å². The van der Waals surface area contributed by atoms with E-state index >= 15 is 0 Å². The quantitative estimate of drug-likeness (QED) is 0.451. The summed E-state index contributed by atoms with van der Waals surface area (Å²) in [6.45, 7) is 3.79. The number of ether oxygens (including phenoxy) is 1. The molecule has 3 aromatic rings. The Bertz CT molecular complexity index is 1020. The molecule has 0 spiro atoms. The van der Waals surface area contributed by atoms with Gasteiger partial charge in [0.2, 0.25) is 0 Å². The third kappa shape index (κ3) is 4.46. The van der Waals surface area contributed by atoms with Crippen LogP contribution in [0.5, 0.6) is 11.5 Å². The van der Waals surface area contributed by atoms with Crippen molar-refractivity contribution in [3.05, 3.63) is 70.2 Å². The van der Waals surface area contributed by atoms with E-state index in [2.05, 4.69) is 26.5 Å². The third-order valence-corrected chi connectivity index (χ3v) is 4.35. The molecule has 3 aromatic carbocycles. The molecule has 0 unspecified atom stereocenters. The predicted octanol–water partition coefficient (Wildman–Crippen LogP) is 4.86. The van der Waals surface area contributed by atoms with Gasteiger partial charge in [0.1, 0.15) is 11.5 Å². The summed E-state index contributed by atoms with van der Waals surface area (Å²) in [4.78, 5) is 12.5. The first-order valence-corrected chi connectivity index (χ1v) is 9.25. The number of benzene rings is 3. The molecule has 0 atom stereocenters. The van der Waals surface area contributed by atoms with Crippen molar-refractivity contribution < 1.29 is 14.6 Å². The minimum atomic E-state index is -0.400. The van der Waals surface area contributed by atoms with Crippen LogP contribution in [0.1, 0.15) is 29.8 Å². The van der Waals surface area contributed by atoms with Gasteiger partial charge in [0.05, 0.1) is 17.9 Å². The van der Waals surface area contributed by atoms with E-state index in [-0.39, 0.29) is 11.9 Å². The van der Waals surface area contributed by atoms with E-state index in [1.165, 1.54) is 6.21 Å². The molecule has 0 radical (unpaired) electrons. The van der Waals surface area contributed by atoms with E-state index in [0.29, 0.717) is 16.9 Å². The number of carbonyl (C=O) groups is 1. The largest absolute Gasteiger partial charge is 0.507 e. The van der Waals surface area contributed by atoms with E-state index in [1.807, 2.05) is 50.2 Å². The van der Waals surface area contributed by atoms with E-state index < -0.39 is 5.91 Å². The Morgan fingerprint density at radius 1 is 1.19 bits per heavy atom. The Morgan fingerprint density at radius 2 is 1.96 bits per heavy atom. The van der Waals surface area contributed by atoms with Crippen LogP contribution in [0.2, 0.25) is 0 Å². The number of phenols is 1. The monoisotopic (exact) mass is 426 g/mol. The lowest BCUT2D eigenvalue weighted by Crippen LogP contribution is -2.20. The van der Waals surface area contributed by atoms with Gasteiger partial charge in [-0.2, -0.15) is 5.10 Å². The third-order valence-electron chi connectivity index (χ3n) is 3.86. The van der Waals surface area contributed by atoms with Crippen molar-refractivity contribution in [2.45, 2.75) is 20.0 Å². The molecule has 138 valence electrons. The maximum absolute atomic E-state index is 12.5. The molecule has 0 aliphatic heterocycles. The average molecular weight is 427 g/mol. The van der Waals surface area contributed by atoms with Gasteiger partial charge in [0.25, 0.3) is 5.91 Å². The SMILES string of the molecule is CC(C)Oc1ccc(Br)cc1C(=O)N/N=C/c1c(O)ccc2ccccc12. The summed E-state index contributed by atoms with van der Waals surface area (Å²) in [6.07, 6.45) is 1.38. The van der Waals surface area contributed by atoms with Gasteiger partial charge in [-0.1, -0.05) is 46.3 Å². The number of halogens is 1. The molecule has 0 saturated carbocycles. The van der Waals surface area contributed by atoms with Crippen LogP contribution in [0.15, 0.2) is 64.2 Å². The Labute approximate surface area is 165 Å². The molecule has 27 heavy (non-hydrogen) atoms. The van der Waals surface area contributed by atoms with Crippen molar-refractivity contribution in [2.75, 3.05) is 0 Å². The smallest absolute Gasteiger partial charge is 0.275 e. The number of hydrogen-bond donors (Lipinski definition) is 2. The van der Waals surface area contributed by atoms with Crippen molar-refractivity contribution in [1.82, 2.24) is 5.43 Å². The molecule has 0 heterocycles. The zero-order valence-electron chi connectivity index (χ0n) is 14.9. The molecule has 0 aromatic heterocycles. The highest BCUT2D eigenvalue weighted by atomic mass is 79.9. The fourth-order valence-electron chi connectivity index (χ4n) is 2.67. The Hall–Kier alpha value is -2.86. The lowest BCUT2D eigenvalue weighted by molar-refractivity contribution is 0.0949. The number of phenolic OH excluding ortho intramolecular Hbond substituents is 1. The molecule has 0 aliphatic carbocycles. The topological polar surface area (TPSA) is 70.9 Å². The van der Waals surface area contributed by atoms with E-state index in [9.17, 15) is 9.90 Å². The summed E-state index contributed by atoms with van der Waals surface area (Å²) in [6, 6.07) is 16.3.